The number of hydrogen-bond donors (Lipinski definition) is 0. The zero-order valence-corrected chi connectivity index (χ0v) is 16.1. The summed E-state index contributed by atoms with van der Waals surface area (Å²) < 4.78 is 18.4. The van der Waals surface area contributed by atoms with Gasteiger partial charge in [0.25, 0.3) is 8.03 Å². The minimum Gasteiger partial charge on any atom is -0.442 e. The van der Waals surface area contributed by atoms with Gasteiger partial charge in [0.1, 0.15) is 5.75 Å². The lowest BCUT2D eigenvalue weighted by Gasteiger charge is -2.14. The maximum Gasteiger partial charge on any atom is 0.266 e. The number of rotatable bonds is 5. The number of para-hydroxylation sites is 1. The summed E-state index contributed by atoms with van der Waals surface area (Å²) in [7, 11) is -2.61. The molecule has 3 aromatic carbocycles. The molecule has 0 spiro atoms. The summed E-state index contributed by atoms with van der Waals surface area (Å²) in [5.41, 5.74) is 4.06. The molecule has 0 aromatic heterocycles. The van der Waals surface area contributed by atoms with Crippen LogP contribution in [0.1, 0.15) is 32.6 Å². The number of hydrogen-bond acceptors (Lipinski definition) is 3. The molecule has 0 aliphatic carbocycles. The summed E-state index contributed by atoms with van der Waals surface area (Å²) in [5, 5.41) is 0.450. The van der Waals surface area contributed by atoms with E-state index in [0.29, 0.717) is 22.2 Å². The normalized spacial score (nSPS) is 11.8. The van der Waals surface area contributed by atoms with E-state index >= 15 is 0 Å². The van der Waals surface area contributed by atoms with Crippen molar-refractivity contribution in [2.75, 3.05) is 0 Å². The first-order valence-corrected chi connectivity index (χ1v) is 9.78. The van der Waals surface area contributed by atoms with Crippen molar-refractivity contribution in [2.24, 2.45) is 0 Å². The van der Waals surface area contributed by atoms with Crippen LogP contribution in [0.4, 0.5) is 0 Å². The number of ketones is 1. The van der Waals surface area contributed by atoms with Crippen LogP contribution in [0, 0.1) is 20.8 Å². The van der Waals surface area contributed by atoms with Crippen LogP contribution in [-0.4, -0.2) is 5.78 Å². The summed E-state index contributed by atoms with van der Waals surface area (Å²) in [6, 6.07) is 20.0. The molecular formula is C22H21O3P. The van der Waals surface area contributed by atoms with E-state index in [1.54, 1.807) is 36.4 Å². The topological polar surface area (TPSA) is 43.4 Å². The average Bonchev–Trinajstić information content (AvgIpc) is 2.61. The van der Waals surface area contributed by atoms with Crippen molar-refractivity contribution in [1.82, 2.24) is 0 Å². The predicted molar refractivity (Wildman–Crippen MR) is 106 cm³/mol. The summed E-state index contributed by atoms with van der Waals surface area (Å²) in [5.74, 6) is 0.409. The van der Waals surface area contributed by atoms with Crippen molar-refractivity contribution in [1.29, 1.82) is 0 Å². The quantitative estimate of drug-likeness (QED) is 0.471. The SMILES string of the molecule is Cc1cc(C)c(C(=O)c2ccccc2[PH](=O)Oc2ccccc2)c(C)c1. The first kappa shape index (κ1) is 18.2. The smallest absolute Gasteiger partial charge is 0.266 e. The molecule has 3 aromatic rings. The van der Waals surface area contributed by atoms with Crippen LogP contribution in [0.15, 0.2) is 66.7 Å². The Kier molecular flexibility index (Phi) is 5.39. The van der Waals surface area contributed by atoms with Gasteiger partial charge in [0.2, 0.25) is 0 Å². The monoisotopic (exact) mass is 364 g/mol. The van der Waals surface area contributed by atoms with Crippen LogP contribution in [0.3, 0.4) is 0 Å². The van der Waals surface area contributed by atoms with Gasteiger partial charge < -0.3 is 4.52 Å². The Morgan fingerprint density at radius 1 is 0.846 bits per heavy atom. The predicted octanol–water partition coefficient (Wildman–Crippen LogP) is 5.02. The van der Waals surface area contributed by atoms with Gasteiger partial charge in [0.05, 0.1) is 5.30 Å². The van der Waals surface area contributed by atoms with Crippen molar-refractivity contribution < 1.29 is 13.9 Å². The highest BCUT2D eigenvalue weighted by Crippen LogP contribution is 2.29. The van der Waals surface area contributed by atoms with E-state index in [-0.39, 0.29) is 5.78 Å². The average molecular weight is 364 g/mol. The molecule has 0 heterocycles. The van der Waals surface area contributed by atoms with E-state index < -0.39 is 8.03 Å². The second-order valence-corrected chi connectivity index (χ2v) is 7.67. The Labute approximate surface area is 154 Å². The molecule has 0 bridgehead atoms. The Hall–Kier alpha value is -2.64. The highest BCUT2D eigenvalue weighted by Gasteiger charge is 2.21. The maximum atomic E-state index is 13.2. The van der Waals surface area contributed by atoms with Crippen molar-refractivity contribution in [3.05, 3.63) is 94.5 Å². The number of benzene rings is 3. The fraction of sp³-hybridized carbons (Fsp3) is 0.136. The third kappa shape index (κ3) is 3.79. The van der Waals surface area contributed by atoms with E-state index in [1.807, 2.05) is 51.1 Å². The molecule has 3 nitrogen and oxygen atoms in total. The first-order valence-electron chi connectivity index (χ1n) is 8.46. The molecule has 0 fully saturated rings. The van der Waals surface area contributed by atoms with Crippen LogP contribution in [0.25, 0.3) is 0 Å². The fourth-order valence-corrected chi connectivity index (χ4v) is 4.29. The zero-order chi connectivity index (χ0) is 18.7. The van der Waals surface area contributed by atoms with Crippen LogP contribution >= 0.6 is 8.03 Å². The number of carbonyl (C=O) groups is 1. The Balaban J connectivity index is 2.00. The molecule has 3 rings (SSSR count). The summed E-state index contributed by atoms with van der Waals surface area (Å²) >= 11 is 0. The largest absolute Gasteiger partial charge is 0.442 e. The second-order valence-electron chi connectivity index (χ2n) is 6.35. The summed E-state index contributed by atoms with van der Waals surface area (Å²) in [6.45, 7) is 5.87. The first-order chi connectivity index (χ1) is 12.5. The number of aryl methyl sites for hydroxylation is 3. The van der Waals surface area contributed by atoms with E-state index in [4.69, 9.17) is 4.52 Å². The van der Waals surface area contributed by atoms with Crippen LogP contribution < -0.4 is 9.83 Å². The highest BCUT2D eigenvalue weighted by atomic mass is 31.1. The Morgan fingerprint density at radius 2 is 1.42 bits per heavy atom. The van der Waals surface area contributed by atoms with Gasteiger partial charge in [-0.05, 0) is 50.1 Å². The van der Waals surface area contributed by atoms with E-state index in [9.17, 15) is 9.36 Å². The number of carbonyl (C=O) groups excluding carboxylic acids is 1. The minimum atomic E-state index is -2.61. The van der Waals surface area contributed by atoms with Crippen molar-refractivity contribution in [3.8, 4) is 5.75 Å². The van der Waals surface area contributed by atoms with Gasteiger partial charge in [-0.3, -0.25) is 9.36 Å². The van der Waals surface area contributed by atoms with Crippen molar-refractivity contribution in [3.63, 3.8) is 0 Å². The molecule has 0 aliphatic rings. The van der Waals surface area contributed by atoms with E-state index in [0.717, 1.165) is 16.7 Å². The van der Waals surface area contributed by atoms with Crippen molar-refractivity contribution in [2.45, 2.75) is 20.8 Å². The van der Waals surface area contributed by atoms with Gasteiger partial charge in [-0.1, -0.05) is 54.1 Å². The molecule has 0 saturated heterocycles. The molecule has 0 aliphatic heterocycles. The lowest BCUT2D eigenvalue weighted by atomic mass is 9.93. The molecule has 4 heteroatoms. The van der Waals surface area contributed by atoms with Crippen LogP contribution in [0.5, 0.6) is 5.75 Å². The molecule has 1 atom stereocenters. The third-order valence-corrected chi connectivity index (χ3v) is 5.55. The zero-order valence-electron chi connectivity index (χ0n) is 15.1. The van der Waals surface area contributed by atoms with Gasteiger partial charge in [0.15, 0.2) is 5.78 Å². The lowest BCUT2D eigenvalue weighted by Crippen LogP contribution is -2.16. The van der Waals surface area contributed by atoms with E-state index in [2.05, 4.69) is 0 Å². The molecule has 132 valence electrons. The Bertz CT molecular complexity index is 955. The summed E-state index contributed by atoms with van der Waals surface area (Å²) in [4.78, 5) is 13.2. The van der Waals surface area contributed by atoms with Gasteiger partial charge in [-0.15, -0.1) is 0 Å². The second kappa shape index (κ2) is 7.72. The van der Waals surface area contributed by atoms with E-state index in [1.165, 1.54) is 0 Å². The van der Waals surface area contributed by atoms with Crippen LogP contribution in [-0.2, 0) is 4.57 Å². The van der Waals surface area contributed by atoms with Crippen LogP contribution in [0.2, 0.25) is 0 Å². The molecule has 0 saturated carbocycles. The molecule has 1 unspecified atom stereocenters. The van der Waals surface area contributed by atoms with Gasteiger partial charge in [-0.2, -0.15) is 0 Å². The molecular weight excluding hydrogens is 343 g/mol. The Morgan fingerprint density at radius 3 is 2.08 bits per heavy atom. The molecule has 0 amide bonds. The van der Waals surface area contributed by atoms with Gasteiger partial charge in [-0.25, -0.2) is 0 Å². The minimum absolute atomic E-state index is 0.120. The molecule has 0 N–H and O–H groups in total. The van der Waals surface area contributed by atoms with Crippen molar-refractivity contribution >= 4 is 19.1 Å². The summed E-state index contributed by atoms with van der Waals surface area (Å²) in [6.07, 6.45) is 0. The lowest BCUT2D eigenvalue weighted by molar-refractivity contribution is 0.103. The van der Waals surface area contributed by atoms with Gasteiger partial charge >= 0.3 is 0 Å². The molecule has 0 radical (unpaired) electrons. The fourth-order valence-electron chi connectivity index (χ4n) is 3.18. The standard InChI is InChI=1S/C22H21O3P/c1-15-13-16(2)21(17(3)14-15)22(23)19-11-7-8-12-20(19)26(24)25-18-9-5-4-6-10-18/h4-14,26H,1-3H3. The third-order valence-electron chi connectivity index (χ3n) is 4.25. The maximum absolute atomic E-state index is 13.2. The van der Waals surface area contributed by atoms with Gasteiger partial charge in [0, 0.05) is 11.1 Å². The highest BCUT2D eigenvalue weighted by molar-refractivity contribution is 7.49. The molecule has 26 heavy (non-hydrogen) atoms.